The van der Waals surface area contributed by atoms with E-state index >= 15 is 0 Å². The van der Waals surface area contributed by atoms with Crippen molar-refractivity contribution >= 4 is 28.6 Å². The number of benzene rings is 2. The van der Waals surface area contributed by atoms with Gasteiger partial charge in [-0.3, -0.25) is 4.79 Å². The molecule has 5 aromatic rings. The summed E-state index contributed by atoms with van der Waals surface area (Å²) in [7, 11) is 0. The molecule has 0 atom stereocenters. The molecule has 6 rings (SSSR count). The van der Waals surface area contributed by atoms with E-state index in [9.17, 15) is 9.59 Å². The van der Waals surface area contributed by atoms with Gasteiger partial charge in [0.25, 0.3) is 0 Å². The number of carbonyl (C=O) groups is 2. The van der Waals surface area contributed by atoms with Crippen molar-refractivity contribution in [1.82, 2.24) is 29.9 Å². The SMILES string of the molecule is O=C(c1ccc(OC(=O)c2nccnc2N2CCc3[nH]cnc3C2)cc1)c1nc2ccccc2[nH]1. The molecule has 10 nitrogen and oxygen atoms in total. The van der Waals surface area contributed by atoms with Gasteiger partial charge in [-0.1, -0.05) is 12.1 Å². The number of imidazole rings is 2. The number of aromatic nitrogens is 6. The van der Waals surface area contributed by atoms with Gasteiger partial charge in [0.15, 0.2) is 17.3 Å². The summed E-state index contributed by atoms with van der Waals surface area (Å²) in [6.45, 7) is 1.20. The fraction of sp³-hybridized carbons (Fsp3) is 0.120. The number of ether oxygens (including phenoxy) is 1. The highest BCUT2D eigenvalue weighted by Crippen LogP contribution is 2.24. The number of aromatic amines is 2. The topological polar surface area (TPSA) is 130 Å². The molecule has 0 fully saturated rings. The number of rotatable bonds is 5. The van der Waals surface area contributed by atoms with Gasteiger partial charge < -0.3 is 19.6 Å². The van der Waals surface area contributed by atoms with E-state index in [1.807, 2.05) is 29.2 Å². The first kappa shape index (κ1) is 20.7. The van der Waals surface area contributed by atoms with Gasteiger partial charge >= 0.3 is 5.97 Å². The van der Waals surface area contributed by atoms with E-state index in [-0.39, 0.29) is 17.3 Å². The lowest BCUT2D eigenvalue weighted by Gasteiger charge is -2.27. The maximum absolute atomic E-state index is 13.0. The summed E-state index contributed by atoms with van der Waals surface area (Å²) >= 11 is 0. The second kappa shape index (κ2) is 8.49. The van der Waals surface area contributed by atoms with Crippen LogP contribution in [0.25, 0.3) is 11.0 Å². The van der Waals surface area contributed by atoms with Gasteiger partial charge in [0, 0.05) is 36.6 Å². The van der Waals surface area contributed by atoms with Gasteiger partial charge in [0.05, 0.1) is 29.6 Å². The lowest BCUT2D eigenvalue weighted by Crippen LogP contribution is -2.33. The van der Waals surface area contributed by atoms with Crippen LogP contribution in [0.5, 0.6) is 5.75 Å². The van der Waals surface area contributed by atoms with Crippen LogP contribution in [-0.4, -0.2) is 48.2 Å². The number of para-hydroxylation sites is 2. The molecule has 0 amide bonds. The summed E-state index contributed by atoms with van der Waals surface area (Å²) < 4.78 is 5.55. The van der Waals surface area contributed by atoms with Crippen LogP contribution in [0.2, 0.25) is 0 Å². The first-order valence-corrected chi connectivity index (χ1v) is 11.0. The van der Waals surface area contributed by atoms with E-state index in [0.29, 0.717) is 30.2 Å². The number of nitrogens with one attached hydrogen (secondary N) is 2. The Kier molecular flexibility index (Phi) is 5.03. The lowest BCUT2D eigenvalue weighted by molar-refractivity contribution is 0.0728. The lowest BCUT2D eigenvalue weighted by atomic mass is 10.1. The normalized spacial score (nSPS) is 13.0. The average molecular weight is 465 g/mol. The van der Waals surface area contributed by atoms with Gasteiger partial charge in [-0.2, -0.15) is 0 Å². The predicted molar refractivity (Wildman–Crippen MR) is 126 cm³/mol. The largest absolute Gasteiger partial charge is 0.422 e. The van der Waals surface area contributed by atoms with Crippen LogP contribution in [0.4, 0.5) is 5.82 Å². The van der Waals surface area contributed by atoms with E-state index in [0.717, 1.165) is 28.8 Å². The Morgan fingerprint density at radius 2 is 1.80 bits per heavy atom. The zero-order valence-electron chi connectivity index (χ0n) is 18.4. The van der Waals surface area contributed by atoms with Crippen LogP contribution in [0.15, 0.2) is 67.3 Å². The van der Waals surface area contributed by atoms with Crippen molar-refractivity contribution in [1.29, 1.82) is 0 Å². The number of esters is 1. The molecule has 0 spiro atoms. The Morgan fingerprint density at radius 3 is 2.66 bits per heavy atom. The molecule has 0 bridgehead atoms. The molecule has 1 aliphatic rings. The Labute approximate surface area is 199 Å². The number of fused-ring (bicyclic) bond motifs is 2. The number of hydrogen-bond acceptors (Lipinski definition) is 8. The van der Waals surface area contributed by atoms with Crippen molar-refractivity contribution in [2.24, 2.45) is 0 Å². The summed E-state index contributed by atoms with van der Waals surface area (Å²) in [6.07, 6.45) is 5.44. The molecule has 0 saturated heterocycles. The van der Waals surface area contributed by atoms with E-state index in [4.69, 9.17) is 4.74 Å². The molecule has 2 N–H and O–H groups in total. The van der Waals surface area contributed by atoms with Crippen molar-refractivity contribution < 1.29 is 14.3 Å². The number of ketones is 1. The maximum Gasteiger partial charge on any atom is 0.366 e. The highest BCUT2D eigenvalue weighted by Gasteiger charge is 2.26. The first-order chi connectivity index (χ1) is 17.2. The third-order valence-corrected chi connectivity index (χ3v) is 5.88. The van der Waals surface area contributed by atoms with Crippen molar-refractivity contribution in [3.05, 3.63) is 95.7 Å². The van der Waals surface area contributed by atoms with Crippen LogP contribution >= 0.6 is 0 Å². The molecule has 0 radical (unpaired) electrons. The number of nitrogens with zero attached hydrogens (tertiary/aromatic N) is 5. The van der Waals surface area contributed by atoms with E-state index in [2.05, 4.69) is 29.9 Å². The molecule has 35 heavy (non-hydrogen) atoms. The third kappa shape index (κ3) is 3.90. The Hall–Kier alpha value is -4.86. The summed E-state index contributed by atoms with van der Waals surface area (Å²) in [5.74, 6) is 0.112. The van der Waals surface area contributed by atoms with Crippen LogP contribution in [0, 0.1) is 0 Å². The van der Waals surface area contributed by atoms with Gasteiger partial charge in [-0.15, -0.1) is 0 Å². The molecular formula is C25H19N7O3. The van der Waals surface area contributed by atoms with Crippen molar-refractivity contribution in [3.63, 3.8) is 0 Å². The quantitative estimate of drug-likeness (QED) is 0.230. The first-order valence-electron chi connectivity index (χ1n) is 11.0. The minimum atomic E-state index is -0.628. The average Bonchev–Trinajstić information content (AvgIpc) is 3.55. The fourth-order valence-electron chi connectivity index (χ4n) is 4.12. The van der Waals surface area contributed by atoms with Crippen LogP contribution in [0.3, 0.4) is 0 Å². The van der Waals surface area contributed by atoms with Crippen LogP contribution in [0.1, 0.15) is 38.1 Å². The summed E-state index contributed by atoms with van der Waals surface area (Å²) in [4.78, 5) is 51.2. The van der Waals surface area contributed by atoms with E-state index in [1.165, 1.54) is 6.20 Å². The fourth-order valence-corrected chi connectivity index (χ4v) is 4.12. The molecule has 4 heterocycles. The predicted octanol–water partition coefficient (Wildman–Crippen LogP) is 3.09. The molecule has 0 aliphatic carbocycles. The van der Waals surface area contributed by atoms with E-state index in [1.54, 1.807) is 36.8 Å². The third-order valence-electron chi connectivity index (χ3n) is 5.88. The second-order valence-corrected chi connectivity index (χ2v) is 8.07. The monoisotopic (exact) mass is 465 g/mol. The zero-order valence-corrected chi connectivity index (χ0v) is 18.4. The maximum atomic E-state index is 13.0. The van der Waals surface area contributed by atoms with Crippen molar-refractivity contribution in [3.8, 4) is 5.75 Å². The van der Waals surface area contributed by atoms with Crippen LogP contribution < -0.4 is 9.64 Å². The number of hydrogen-bond donors (Lipinski definition) is 2. The Balaban J connectivity index is 1.19. The molecule has 10 heteroatoms. The van der Waals surface area contributed by atoms with Gasteiger partial charge in [-0.25, -0.2) is 24.7 Å². The minimum Gasteiger partial charge on any atom is -0.422 e. The molecule has 172 valence electrons. The number of H-pyrrole nitrogens is 2. The molecule has 3 aromatic heterocycles. The Bertz CT molecular complexity index is 1520. The molecule has 0 saturated carbocycles. The number of carbonyl (C=O) groups excluding carboxylic acids is 2. The highest BCUT2D eigenvalue weighted by molar-refractivity contribution is 6.08. The Morgan fingerprint density at radius 1 is 0.971 bits per heavy atom. The van der Waals surface area contributed by atoms with Crippen LogP contribution in [-0.2, 0) is 13.0 Å². The standard InChI is InChI=1S/C25H19N7O3/c33-22(23-30-18-3-1-2-4-19(18)31-23)15-5-7-16(8-6-15)35-25(34)21-24(27-11-10-26-21)32-12-9-17-20(13-32)29-14-28-17/h1-8,10-11,14H,9,12-13H2,(H,28,29)(H,30,31). The van der Waals surface area contributed by atoms with Crippen molar-refractivity contribution in [2.45, 2.75) is 13.0 Å². The second-order valence-electron chi connectivity index (χ2n) is 8.07. The smallest absolute Gasteiger partial charge is 0.366 e. The minimum absolute atomic E-state index is 0.119. The summed E-state index contributed by atoms with van der Waals surface area (Å²) in [5, 5.41) is 0. The molecule has 2 aromatic carbocycles. The zero-order chi connectivity index (χ0) is 23.8. The summed E-state index contributed by atoms with van der Waals surface area (Å²) in [5.41, 5.74) is 4.07. The molecular weight excluding hydrogens is 446 g/mol. The highest BCUT2D eigenvalue weighted by atomic mass is 16.5. The van der Waals surface area contributed by atoms with Crippen molar-refractivity contribution in [2.75, 3.05) is 11.4 Å². The van der Waals surface area contributed by atoms with Gasteiger partial charge in [0.2, 0.25) is 5.78 Å². The van der Waals surface area contributed by atoms with Gasteiger partial charge in [-0.05, 0) is 36.4 Å². The number of anilines is 1. The summed E-state index contributed by atoms with van der Waals surface area (Å²) in [6, 6.07) is 13.8. The van der Waals surface area contributed by atoms with Gasteiger partial charge in [0.1, 0.15) is 5.75 Å². The van der Waals surface area contributed by atoms with E-state index < -0.39 is 5.97 Å². The molecule has 1 aliphatic heterocycles. The molecule has 0 unspecified atom stereocenters.